The Hall–Kier alpha value is -0.570. The van der Waals surface area contributed by atoms with Crippen LogP contribution in [0.4, 0.5) is 0 Å². The number of thioether (sulfide) groups is 1. The third-order valence-electron chi connectivity index (χ3n) is 2.65. The molecule has 0 aliphatic carbocycles. The van der Waals surface area contributed by atoms with Gasteiger partial charge in [0.05, 0.1) is 13.2 Å². The Morgan fingerprint density at radius 3 is 2.79 bits per heavy atom. The van der Waals surface area contributed by atoms with Gasteiger partial charge in [-0.15, -0.1) is 0 Å². The van der Waals surface area contributed by atoms with E-state index in [1.807, 2.05) is 0 Å². The van der Waals surface area contributed by atoms with E-state index in [1.165, 1.54) is 13.2 Å². The lowest BCUT2D eigenvalue weighted by Gasteiger charge is -2.13. The van der Waals surface area contributed by atoms with Gasteiger partial charge < -0.3 is 4.74 Å². The highest BCUT2D eigenvalue weighted by Crippen LogP contribution is 2.28. The zero-order valence-corrected chi connectivity index (χ0v) is 13.3. The Balaban J connectivity index is 2.33. The fraction of sp³-hybridized carbons (Fsp3) is 0.364. The monoisotopic (exact) mass is 365 g/mol. The smallest absolute Gasteiger partial charge is 0.244 e. The summed E-state index contributed by atoms with van der Waals surface area (Å²) in [6, 6.07) is 4.05. The first-order valence-electron chi connectivity index (χ1n) is 5.46. The molecule has 0 amide bonds. The molecule has 2 rings (SSSR count). The molecule has 1 atom stereocenters. The minimum Gasteiger partial charge on any atom is -0.495 e. The van der Waals surface area contributed by atoms with Gasteiger partial charge in [0.25, 0.3) is 0 Å². The Bertz CT molecular complexity index is 603. The zero-order valence-electron chi connectivity index (χ0n) is 10.1. The van der Waals surface area contributed by atoms with E-state index in [0.717, 1.165) is 11.8 Å². The molecule has 0 spiro atoms. The van der Waals surface area contributed by atoms with Crippen molar-refractivity contribution in [2.45, 2.75) is 17.4 Å². The Labute approximate surface area is 124 Å². The molecule has 1 aromatic rings. The van der Waals surface area contributed by atoms with E-state index < -0.39 is 16.1 Å². The maximum atomic E-state index is 12.3. The molecule has 1 heterocycles. The van der Waals surface area contributed by atoms with Crippen LogP contribution in [-0.4, -0.2) is 32.4 Å². The minimum atomic E-state index is -3.78. The largest absolute Gasteiger partial charge is 0.495 e. The normalized spacial score (nSPS) is 19.7. The first-order valence-corrected chi connectivity index (χ1v) is 8.73. The first kappa shape index (κ1) is 14.8. The molecule has 0 bridgehead atoms. The van der Waals surface area contributed by atoms with Crippen LogP contribution in [0.25, 0.3) is 0 Å². The second kappa shape index (κ2) is 5.82. The minimum absolute atomic E-state index is 0.0223. The standard InChI is InChI=1S/C11H12BrNO4S2/c1-17-9-3-2-7(12)6-10(9)19(15,16)13-8-4-5-18-11(8)14/h2-3,6,8,13H,4-5H2,1H3. The quantitative estimate of drug-likeness (QED) is 0.879. The molecule has 0 aromatic heterocycles. The molecule has 1 fully saturated rings. The molecule has 1 aromatic carbocycles. The Morgan fingerprint density at radius 1 is 1.47 bits per heavy atom. The van der Waals surface area contributed by atoms with Crippen molar-refractivity contribution in [1.29, 1.82) is 0 Å². The van der Waals surface area contributed by atoms with Crippen molar-refractivity contribution in [2.24, 2.45) is 0 Å². The lowest BCUT2D eigenvalue weighted by Crippen LogP contribution is -2.37. The average Bonchev–Trinajstić information content (AvgIpc) is 2.74. The van der Waals surface area contributed by atoms with Crippen molar-refractivity contribution in [3.8, 4) is 5.75 Å². The number of rotatable bonds is 4. The van der Waals surface area contributed by atoms with E-state index in [-0.39, 0.29) is 15.8 Å². The van der Waals surface area contributed by atoms with Crippen LogP contribution in [-0.2, 0) is 14.8 Å². The number of ether oxygens (including phenoxy) is 1. The summed E-state index contributed by atoms with van der Waals surface area (Å²) in [7, 11) is -2.38. The Morgan fingerprint density at radius 2 is 2.21 bits per heavy atom. The summed E-state index contributed by atoms with van der Waals surface area (Å²) >= 11 is 4.37. The zero-order chi connectivity index (χ0) is 14.0. The fourth-order valence-corrected chi connectivity index (χ4v) is 4.66. The number of halogens is 1. The molecule has 104 valence electrons. The van der Waals surface area contributed by atoms with E-state index in [0.29, 0.717) is 16.6 Å². The summed E-state index contributed by atoms with van der Waals surface area (Å²) in [6.07, 6.45) is 0.513. The SMILES string of the molecule is COc1ccc(Br)cc1S(=O)(=O)NC1CCSC1=O. The van der Waals surface area contributed by atoms with Gasteiger partial charge in [-0.25, -0.2) is 8.42 Å². The van der Waals surface area contributed by atoms with Crippen molar-refractivity contribution < 1.29 is 17.9 Å². The van der Waals surface area contributed by atoms with Gasteiger partial charge in [0, 0.05) is 10.2 Å². The van der Waals surface area contributed by atoms with Gasteiger partial charge in [-0.3, -0.25) is 4.79 Å². The third-order valence-corrected chi connectivity index (χ3v) is 5.64. The van der Waals surface area contributed by atoms with E-state index in [9.17, 15) is 13.2 Å². The number of benzene rings is 1. The van der Waals surface area contributed by atoms with Gasteiger partial charge in [-0.2, -0.15) is 4.72 Å². The molecular formula is C11H12BrNO4S2. The van der Waals surface area contributed by atoms with Crippen molar-refractivity contribution in [3.05, 3.63) is 22.7 Å². The maximum absolute atomic E-state index is 12.3. The van der Waals surface area contributed by atoms with Crippen LogP contribution < -0.4 is 9.46 Å². The molecule has 1 saturated heterocycles. The first-order chi connectivity index (χ1) is 8.94. The highest BCUT2D eigenvalue weighted by atomic mass is 79.9. The van der Waals surface area contributed by atoms with E-state index in [4.69, 9.17) is 4.74 Å². The highest BCUT2D eigenvalue weighted by molar-refractivity contribution is 9.10. The number of carbonyl (C=O) groups excluding carboxylic acids is 1. The van der Waals surface area contributed by atoms with Gasteiger partial charge in [0.1, 0.15) is 10.6 Å². The van der Waals surface area contributed by atoms with Crippen LogP contribution in [0.15, 0.2) is 27.6 Å². The number of hydrogen-bond acceptors (Lipinski definition) is 5. The fourth-order valence-electron chi connectivity index (χ4n) is 1.71. The molecule has 0 radical (unpaired) electrons. The second-order valence-corrected chi connectivity index (χ2v) is 7.62. The van der Waals surface area contributed by atoms with Crippen molar-refractivity contribution >= 4 is 42.8 Å². The summed E-state index contributed by atoms with van der Waals surface area (Å²) in [5.41, 5.74) is 0. The summed E-state index contributed by atoms with van der Waals surface area (Å²) in [5, 5.41) is -0.141. The lowest BCUT2D eigenvalue weighted by atomic mass is 10.3. The maximum Gasteiger partial charge on any atom is 0.244 e. The summed E-state index contributed by atoms with van der Waals surface area (Å²) in [6.45, 7) is 0. The molecule has 8 heteroatoms. The van der Waals surface area contributed by atoms with Gasteiger partial charge >= 0.3 is 0 Å². The van der Waals surface area contributed by atoms with Crippen LogP contribution >= 0.6 is 27.7 Å². The number of carbonyl (C=O) groups is 1. The van der Waals surface area contributed by atoms with Crippen LogP contribution in [0.2, 0.25) is 0 Å². The third kappa shape index (κ3) is 3.31. The molecule has 1 N–H and O–H groups in total. The van der Waals surface area contributed by atoms with Crippen LogP contribution in [0.1, 0.15) is 6.42 Å². The highest BCUT2D eigenvalue weighted by Gasteiger charge is 2.31. The van der Waals surface area contributed by atoms with E-state index in [2.05, 4.69) is 20.7 Å². The average molecular weight is 366 g/mol. The van der Waals surface area contributed by atoms with Gasteiger partial charge in [0.2, 0.25) is 15.1 Å². The lowest BCUT2D eigenvalue weighted by molar-refractivity contribution is -0.111. The predicted octanol–water partition coefficient (Wildman–Crippen LogP) is 1.77. The molecule has 5 nitrogen and oxygen atoms in total. The predicted molar refractivity (Wildman–Crippen MR) is 76.9 cm³/mol. The van der Waals surface area contributed by atoms with E-state index >= 15 is 0 Å². The van der Waals surface area contributed by atoms with Crippen LogP contribution in [0.5, 0.6) is 5.75 Å². The molecule has 1 unspecified atom stereocenters. The molecular weight excluding hydrogens is 354 g/mol. The Kier molecular flexibility index (Phi) is 4.54. The number of sulfonamides is 1. The van der Waals surface area contributed by atoms with E-state index in [1.54, 1.807) is 12.1 Å². The summed E-state index contributed by atoms with van der Waals surface area (Å²) in [4.78, 5) is 11.5. The van der Waals surface area contributed by atoms with Gasteiger partial charge in [-0.1, -0.05) is 27.7 Å². The molecule has 19 heavy (non-hydrogen) atoms. The van der Waals surface area contributed by atoms with Gasteiger partial charge in [0.15, 0.2) is 0 Å². The van der Waals surface area contributed by atoms with Crippen molar-refractivity contribution in [2.75, 3.05) is 12.9 Å². The van der Waals surface area contributed by atoms with Gasteiger partial charge in [-0.05, 0) is 24.6 Å². The molecule has 0 saturated carbocycles. The topological polar surface area (TPSA) is 72.5 Å². The van der Waals surface area contributed by atoms with Crippen molar-refractivity contribution in [1.82, 2.24) is 4.72 Å². The summed E-state index contributed by atoms with van der Waals surface area (Å²) in [5.74, 6) is 0.885. The van der Waals surface area contributed by atoms with Crippen LogP contribution in [0.3, 0.4) is 0 Å². The number of hydrogen-bond donors (Lipinski definition) is 1. The summed E-state index contributed by atoms with van der Waals surface area (Å²) < 4.78 is 32.7. The molecule has 1 aliphatic heterocycles. The number of methoxy groups -OCH3 is 1. The van der Waals surface area contributed by atoms with Crippen molar-refractivity contribution in [3.63, 3.8) is 0 Å². The number of nitrogens with one attached hydrogen (secondary N) is 1. The second-order valence-electron chi connectivity index (χ2n) is 3.93. The molecule has 1 aliphatic rings. The van der Waals surface area contributed by atoms with Crippen LogP contribution in [0, 0.1) is 0 Å².